The summed E-state index contributed by atoms with van der Waals surface area (Å²) in [5.74, 6) is -0.871. The van der Waals surface area contributed by atoms with Gasteiger partial charge in [0.05, 0.1) is 11.6 Å². The van der Waals surface area contributed by atoms with Crippen molar-refractivity contribution in [3.63, 3.8) is 0 Å². The van der Waals surface area contributed by atoms with Crippen LogP contribution in [0.5, 0.6) is 11.6 Å². The fourth-order valence-corrected chi connectivity index (χ4v) is 3.02. The van der Waals surface area contributed by atoms with E-state index < -0.39 is 46.3 Å². The number of hydrogen-bond acceptors (Lipinski definition) is 4. The van der Waals surface area contributed by atoms with Crippen LogP contribution in [0.25, 0.3) is 0 Å². The van der Waals surface area contributed by atoms with Gasteiger partial charge in [0.2, 0.25) is 5.88 Å². The third-order valence-corrected chi connectivity index (χ3v) is 4.92. The summed E-state index contributed by atoms with van der Waals surface area (Å²) in [7, 11) is 1.18. The number of alkyl halides is 6. The van der Waals surface area contributed by atoms with E-state index >= 15 is 0 Å². The van der Waals surface area contributed by atoms with Crippen LogP contribution in [0, 0.1) is 0 Å². The molecule has 0 radical (unpaired) electrons. The average molecular weight is 493 g/mol. The van der Waals surface area contributed by atoms with Gasteiger partial charge in [0.25, 0.3) is 5.91 Å². The lowest BCUT2D eigenvalue weighted by atomic mass is 10.1. The number of nitrogens with zero attached hydrogens (tertiary/aromatic N) is 3. The summed E-state index contributed by atoms with van der Waals surface area (Å²) < 4.78 is 83.4. The van der Waals surface area contributed by atoms with E-state index in [4.69, 9.17) is 16.3 Å². The predicted octanol–water partition coefficient (Wildman–Crippen LogP) is 5.79. The van der Waals surface area contributed by atoms with Crippen molar-refractivity contribution in [3.05, 3.63) is 70.1 Å². The second-order valence-electron chi connectivity index (χ2n) is 6.88. The summed E-state index contributed by atoms with van der Waals surface area (Å²) in [6.07, 6.45) is -8.75. The molecular formula is C20H15ClF6N4O2. The summed E-state index contributed by atoms with van der Waals surface area (Å²) >= 11 is 5.83. The number of pyridine rings is 1. The summed E-state index contributed by atoms with van der Waals surface area (Å²) in [5.41, 5.74) is -2.58. The number of halogens is 7. The van der Waals surface area contributed by atoms with E-state index in [2.05, 4.69) is 15.4 Å². The predicted molar refractivity (Wildman–Crippen MR) is 105 cm³/mol. The molecule has 2 heterocycles. The average Bonchev–Trinajstić information content (AvgIpc) is 3.03. The quantitative estimate of drug-likeness (QED) is 0.458. The number of nitrogens with one attached hydrogen (secondary N) is 1. The Morgan fingerprint density at radius 1 is 1.06 bits per heavy atom. The lowest BCUT2D eigenvalue weighted by molar-refractivity contribution is -0.141. The SMILES string of the molecule is CC(NC(=O)c1c(C(F)(F)F)nn(C)c1Cl)c1ccc(Oc2ccc(C(F)(F)F)cn2)cc1. The molecule has 1 atom stereocenters. The van der Waals surface area contributed by atoms with Gasteiger partial charge in [-0.25, -0.2) is 4.98 Å². The van der Waals surface area contributed by atoms with Gasteiger partial charge in [-0.3, -0.25) is 9.48 Å². The minimum absolute atomic E-state index is 0.0667. The highest BCUT2D eigenvalue weighted by atomic mass is 35.5. The Morgan fingerprint density at radius 3 is 2.21 bits per heavy atom. The Labute approximate surface area is 188 Å². The van der Waals surface area contributed by atoms with Crippen molar-refractivity contribution >= 4 is 17.5 Å². The molecule has 33 heavy (non-hydrogen) atoms. The second kappa shape index (κ2) is 8.93. The van der Waals surface area contributed by atoms with Crippen molar-refractivity contribution in [2.75, 3.05) is 0 Å². The highest BCUT2D eigenvalue weighted by Gasteiger charge is 2.41. The lowest BCUT2D eigenvalue weighted by Crippen LogP contribution is -2.28. The van der Waals surface area contributed by atoms with Gasteiger partial charge in [0, 0.05) is 19.3 Å². The minimum atomic E-state index is -4.87. The van der Waals surface area contributed by atoms with Gasteiger partial charge < -0.3 is 10.1 Å². The molecule has 0 fully saturated rings. The van der Waals surface area contributed by atoms with Crippen molar-refractivity contribution in [2.45, 2.75) is 25.3 Å². The molecule has 176 valence electrons. The number of hydrogen-bond donors (Lipinski definition) is 1. The zero-order chi connectivity index (χ0) is 24.6. The van der Waals surface area contributed by atoms with Crippen molar-refractivity contribution in [1.82, 2.24) is 20.1 Å². The zero-order valence-corrected chi connectivity index (χ0v) is 17.7. The first-order valence-corrected chi connectivity index (χ1v) is 9.56. The van der Waals surface area contributed by atoms with E-state index in [9.17, 15) is 31.1 Å². The maximum absolute atomic E-state index is 13.2. The van der Waals surface area contributed by atoms with Crippen LogP contribution in [0.4, 0.5) is 26.3 Å². The van der Waals surface area contributed by atoms with Crippen molar-refractivity contribution in [2.24, 2.45) is 7.05 Å². The van der Waals surface area contributed by atoms with Gasteiger partial charge in [-0.1, -0.05) is 23.7 Å². The first-order valence-electron chi connectivity index (χ1n) is 9.19. The molecule has 0 aliphatic carbocycles. The number of ether oxygens (including phenoxy) is 1. The van der Waals surface area contributed by atoms with Gasteiger partial charge in [-0.15, -0.1) is 0 Å². The van der Waals surface area contributed by atoms with Crippen LogP contribution < -0.4 is 10.1 Å². The minimum Gasteiger partial charge on any atom is -0.439 e. The maximum Gasteiger partial charge on any atom is 0.436 e. The van der Waals surface area contributed by atoms with Crippen molar-refractivity contribution in [3.8, 4) is 11.6 Å². The number of carbonyl (C=O) groups excluding carboxylic acids is 1. The first-order chi connectivity index (χ1) is 15.3. The van der Waals surface area contributed by atoms with Gasteiger partial charge in [0.15, 0.2) is 5.69 Å². The molecule has 3 rings (SSSR count). The summed E-state index contributed by atoms with van der Waals surface area (Å²) in [5, 5.41) is 5.24. The lowest BCUT2D eigenvalue weighted by Gasteiger charge is -2.15. The molecule has 0 bridgehead atoms. The number of benzene rings is 1. The van der Waals surface area contributed by atoms with Crippen molar-refractivity contribution < 1.29 is 35.9 Å². The molecule has 0 saturated carbocycles. The molecule has 1 unspecified atom stereocenters. The Balaban J connectivity index is 1.70. The van der Waals surface area contributed by atoms with Gasteiger partial charge in [-0.05, 0) is 30.7 Å². The van der Waals surface area contributed by atoms with Gasteiger partial charge in [0.1, 0.15) is 16.5 Å². The van der Waals surface area contributed by atoms with Crippen LogP contribution in [-0.4, -0.2) is 20.7 Å². The molecule has 0 spiro atoms. The summed E-state index contributed by atoms with van der Waals surface area (Å²) in [6, 6.07) is 7.17. The molecule has 2 aromatic heterocycles. The van der Waals surface area contributed by atoms with E-state index in [0.29, 0.717) is 11.8 Å². The number of amides is 1. The normalized spacial score (nSPS) is 13.0. The molecule has 1 amide bonds. The Hall–Kier alpha value is -3.28. The molecule has 0 aliphatic rings. The standard InChI is InChI=1S/C20H15ClF6N4O2/c1-10(29-18(32)15-16(20(25,26)27)30-31(2)17(15)21)11-3-6-13(7-4-11)33-14-8-5-12(9-28-14)19(22,23)24/h3-10H,1-2H3,(H,29,32). The number of aryl methyl sites for hydroxylation is 1. The summed E-state index contributed by atoms with van der Waals surface area (Å²) in [4.78, 5) is 16.1. The Bertz CT molecular complexity index is 1140. The van der Waals surface area contributed by atoms with E-state index in [1.807, 2.05) is 0 Å². The Kier molecular flexibility index (Phi) is 6.59. The molecule has 13 heteroatoms. The largest absolute Gasteiger partial charge is 0.439 e. The van der Waals surface area contributed by atoms with E-state index in [1.165, 1.54) is 31.3 Å². The third kappa shape index (κ3) is 5.56. The highest BCUT2D eigenvalue weighted by molar-refractivity contribution is 6.33. The monoisotopic (exact) mass is 492 g/mol. The number of carbonyl (C=O) groups is 1. The van der Waals surface area contributed by atoms with Crippen molar-refractivity contribution in [1.29, 1.82) is 0 Å². The van der Waals surface area contributed by atoms with Gasteiger partial charge in [-0.2, -0.15) is 31.4 Å². The van der Waals surface area contributed by atoms with E-state index in [-0.39, 0.29) is 11.6 Å². The summed E-state index contributed by atoms with van der Waals surface area (Å²) in [6.45, 7) is 1.54. The van der Waals surface area contributed by atoms with Crippen LogP contribution in [0.2, 0.25) is 5.15 Å². The highest BCUT2D eigenvalue weighted by Crippen LogP contribution is 2.34. The maximum atomic E-state index is 13.2. The molecule has 1 aromatic carbocycles. The molecular weight excluding hydrogens is 478 g/mol. The van der Waals surface area contributed by atoms with E-state index in [0.717, 1.165) is 16.8 Å². The van der Waals surface area contributed by atoms with Crippen LogP contribution in [0.15, 0.2) is 42.6 Å². The number of rotatable bonds is 5. The Morgan fingerprint density at radius 2 is 1.70 bits per heavy atom. The van der Waals surface area contributed by atoms with Crippen LogP contribution in [0.3, 0.4) is 0 Å². The molecule has 0 saturated heterocycles. The smallest absolute Gasteiger partial charge is 0.436 e. The number of aromatic nitrogens is 3. The zero-order valence-electron chi connectivity index (χ0n) is 16.9. The van der Waals surface area contributed by atoms with E-state index in [1.54, 1.807) is 6.92 Å². The second-order valence-corrected chi connectivity index (χ2v) is 7.24. The molecule has 3 aromatic rings. The first kappa shape index (κ1) is 24.4. The topological polar surface area (TPSA) is 69.0 Å². The molecule has 0 aliphatic heterocycles. The fourth-order valence-electron chi connectivity index (χ4n) is 2.81. The van der Waals surface area contributed by atoms with Gasteiger partial charge >= 0.3 is 12.4 Å². The molecule has 1 N–H and O–H groups in total. The fraction of sp³-hybridized carbons (Fsp3) is 0.250. The third-order valence-electron chi connectivity index (χ3n) is 4.49. The van der Waals surface area contributed by atoms with Crippen LogP contribution >= 0.6 is 11.6 Å². The molecule has 6 nitrogen and oxygen atoms in total. The van der Waals surface area contributed by atoms with Crippen LogP contribution in [0.1, 0.15) is 40.1 Å². The van der Waals surface area contributed by atoms with Crippen LogP contribution in [-0.2, 0) is 19.4 Å².